The van der Waals surface area contributed by atoms with E-state index in [-0.39, 0.29) is 6.04 Å². The molecule has 0 spiro atoms. The van der Waals surface area contributed by atoms with Gasteiger partial charge in [0.1, 0.15) is 0 Å². The Balaban J connectivity index is 3.93. The van der Waals surface area contributed by atoms with Gasteiger partial charge in [-0.3, -0.25) is 4.90 Å². The number of alkyl halides is 3. The van der Waals surface area contributed by atoms with Crippen LogP contribution in [-0.2, 0) is 0 Å². The van der Waals surface area contributed by atoms with Gasteiger partial charge >= 0.3 is 6.18 Å². The monoisotopic (exact) mass is 226 g/mol. The molecule has 0 aromatic heterocycles. The van der Waals surface area contributed by atoms with E-state index in [1.807, 2.05) is 20.9 Å². The third-order valence-electron chi connectivity index (χ3n) is 2.31. The van der Waals surface area contributed by atoms with Crippen LogP contribution in [0.1, 0.15) is 26.7 Å². The molecule has 0 fully saturated rings. The summed E-state index contributed by atoms with van der Waals surface area (Å²) in [6.07, 6.45) is -2.59. The first-order valence-corrected chi connectivity index (χ1v) is 5.35. The Morgan fingerprint density at radius 1 is 1.27 bits per heavy atom. The van der Waals surface area contributed by atoms with Crippen molar-refractivity contribution in [2.45, 2.75) is 38.9 Å². The van der Waals surface area contributed by atoms with E-state index in [4.69, 9.17) is 0 Å². The zero-order chi connectivity index (χ0) is 11.9. The van der Waals surface area contributed by atoms with Gasteiger partial charge < -0.3 is 5.32 Å². The van der Waals surface area contributed by atoms with Gasteiger partial charge in [-0.15, -0.1) is 0 Å². The number of hydrogen-bond acceptors (Lipinski definition) is 2. The summed E-state index contributed by atoms with van der Waals surface area (Å²) in [6, 6.07) is 0.262. The zero-order valence-corrected chi connectivity index (χ0v) is 9.69. The van der Waals surface area contributed by atoms with Gasteiger partial charge in [-0.05, 0) is 39.9 Å². The van der Waals surface area contributed by atoms with E-state index in [1.165, 1.54) is 4.90 Å². The largest absolute Gasteiger partial charge is 0.401 e. The van der Waals surface area contributed by atoms with E-state index in [2.05, 4.69) is 5.32 Å². The van der Waals surface area contributed by atoms with Gasteiger partial charge in [0.15, 0.2) is 0 Å². The molecule has 0 bridgehead atoms. The smallest absolute Gasteiger partial charge is 0.317 e. The average molecular weight is 226 g/mol. The molecule has 0 aliphatic carbocycles. The van der Waals surface area contributed by atoms with E-state index in [1.54, 1.807) is 0 Å². The Labute approximate surface area is 89.8 Å². The summed E-state index contributed by atoms with van der Waals surface area (Å²) in [5, 5.41) is 3.02. The van der Waals surface area contributed by atoms with Crippen LogP contribution in [0.15, 0.2) is 0 Å². The second kappa shape index (κ2) is 7.06. The third kappa shape index (κ3) is 8.69. The van der Waals surface area contributed by atoms with Crippen LogP contribution in [0, 0.1) is 0 Å². The van der Waals surface area contributed by atoms with Crippen molar-refractivity contribution in [3.63, 3.8) is 0 Å². The molecule has 0 saturated heterocycles. The van der Waals surface area contributed by atoms with E-state index in [0.29, 0.717) is 13.1 Å². The number of nitrogens with one attached hydrogen (secondary N) is 1. The molecule has 1 unspecified atom stereocenters. The summed E-state index contributed by atoms with van der Waals surface area (Å²) in [5.41, 5.74) is 0. The maximum atomic E-state index is 12.2. The van der Waals surface area contributed by atoms with Gasteiger partial charge in [-0.1, -0.05) is 6.92 Å². The van der Waals surface area contributed by atoms with Gasteiger partial charge in [0.25, 0.3) is 0 Å². The van der Waals surface area contributed by atoms with E-state index >= 15 is 0 Å². The van der Waals surface area contributed by atoms with Crippen LogP contribution >= 0.6 is 0 Å². The Morgan fingerprint density at radius 2 is 1.87 bits per heavy atom. The number of halogens is 3. The molecule has 0 saturated carbocycles. The SMILES string of the molecule is CCCN(CCC(C)NC)CC(F)(F)F. The molecule has 0 radical (unpaired) electrons. The van der Waals surface area contributed by atoms with Gasteiger partial charge in [0.2, 0.25) is 0 Å². The van der Waals surface area contributed by atoms with Gasteiger partial charge in [-0.2, -0.15) is 13.2 Å². The van der Waals surface area contributed by atoms with Crippen molar-refractivity contribution in [3.05, 3.63) is 0 Å². The molecule has 0 aromatic carbocycles. The Kier molecular flexibility index (Phi) is 6.92. The predicted molar refractivity (Wildman–Crippen MR) is 55.9 cm³/mol. The standard InChI is InChI=1S/C10H21F3N2/c1-4-6-15(8-10(11,12)13)7-5-9(2)14-3/h9,14H,4-8H2,1-3H3. The number of hydrogen-bond donors (Lipinski definition) is 1. The van der Waals surface area contributed by atoms with Crippen LogP contribution in [0.5, 0.6) is 0 Å². The van der Waals surface area contributed by atoms with Crippen LogP contribution < -0.4 is 5.32 Å². The number of nitrogens with zero attached hydrogens (tertiary/aromatic N) is 1. The normalized spacial score (nSPS) is 14.6. The Bertz CT molecular complexity index is 159. The van der Waals surface area contributed by atoms with Crippen LogP contribution in [-0.4, -0.2) is 43.8 Å². The summed E-state index contributed by atoms with van der Waals surface area (Å²) >= 11 is 0. The Morgan fingerprint density at radius 3 is 2.27 bits per heavy atom. The Hall–Kier alpha value is -0.290. The lowest BCUT2D eigenvalue weighted by atomic mass is 10.2. The number of rotatable bonds is 7. The van der Waals surface area contributed by atoms with Crippen molar-refractivity contribution < 1.29 is 13.2 Å². The van der Waals surface area contributed by atoms with E-state index in [0.717, 1.165) is 12.8 Å². The summed E-state index contributed by atoms with van der Waals surface area (Å²) in [6.45, 7) is 4.07. The molecule has 1 N–H and O–H groups in total. The topological polar surface area (TPSA) is 15.3 Å². The lowest BCUT2D eigenvalue weighted by Gasteiger charge is -2.24. The lowest BCUT2D eigenvalue weighted by Crippen LogP contribution is -2.37. The van der Waals surface area contributed by atoms with Crippen LogP contribution in [0.4, 0.5) is 13.2 Å². The summed E-state index contributed by atoms with van der Waals surface area (Å²) in [7, 11) is 1.82. The van der Waals surface area contributed by atoms with Crippen molar-refractivity contribution in [2.24, 2.45) is 0 Å². The molecule has 92 valence electrons. The minimum Gasteiger partial charge on any atom is -0.317 e. The molecule has 0 aliphatic heterocycles. The molecule has 0 heterocycles. The summed E-state index contributed by atoms with van der Waals surface area (Å²) in [4.78, 5) is 1.47. The molecule has 1 atom stereocenters. The van der Waals surface area contributed by atoms with Crippen LogP contribution in [0.2, 0.25) is 0 Å². The fraction of sp³-hybridized carbons (Fsp3) is 1.00. The highest BCUT2D eigenvalue weighted by Crippen LogP contribution is 2.16. The fourth-order valence-corrected chi connectivity index (χ4v) is 1.36. The first kappa shape index (κ1) is 14.7. The summed E-state index contributed by atoms with van der Waals surface area (Å²) in [5.74, 6) is 0. The maximum absolute atomic E-state index is 12.2. The van der Waals surface area contributed by atoms with Gasteiger partial charge in [0.05, 0.1) is 6.54 Å². The molecule has 0 amide bonds. The van der Waals surface area contributed by atoms with Crippen molar-refractivity contribution in [1.29, 1.82) is 0 Å². The van der Waals surface area contributed by atoms with Crippen LogP contribution in [0.3, 0.4) is 0 Å². The lowest BCUT2D eigenvalue weighted by molar-refractivity contribution is -0.146. The van der Waals surface area contributed by atoms with Crippen molar-refractivity contribution >= 4 is 0 Å². The minimum atomic E-state index is -4.09. The molecule has 0 aliphatic rings. The molecular formula is C10H21F3N2. The molecular weight excluding hydrogens is 205 g/mol. The van der Waals surface area contributed by atoms with E-state index < -0.39 is 12.7 Å². The molecule has 0 aromatic rings. The molecule has 15 heavy (non-hydrogen) atoms. The predicted octanol–water partition coefficient (Wildman–Crippen LogP) is 2.26. The first-order chi connectivity index (χ1) is 6.89. The van der Waals surface area contributed by atoms with Crippen molar-refractivity contribution in [3.8, 4) is 0 Å². The first-order valence-electron chi connectivity index (χ1n) is 5.35. The van der Waals surface area contributed by atoms with Crippen molar-refractivity contribution in [1.82, 2.24) is 10.2 Å². The van der Waals surface area contributed by atoms with Gasteiger partial charge in [0, 0.05) is 6.04 Å². The third-order valence-corrected chi connectivity index (χ3v) is 2.31. The van der Waals surface area contributed by atoms with Crippen molar-refractivity contribution in [2.75, 3.05) is 26.7 Å². The highest BCUT2D eigenvalue weighted by molar-refractivity contribution is 4.66. The average Bonchev–Trinajstić information content (AvgIpc) is 2.11. The molecule has 2 nitrogen and oxygen atoms in total. The highest BCUT2D eigenvalue weighted by Gasteiger charge is 2.30. The van der Waals surface area contributed by atoms with E-state index in [9.17, 15) is 13.2 Å². The second-order valence-electron chi connectivity index (χ2n) is 3.87. The summed E-state index contributed by atoms with van der Waals surface area (Å²) < 4.78 is 36.5. The highest BCUT2D eigenvalue weighted by atomic mass is 19.4. The second-order valence-corrected chi connectivity index (χ2v) is 3.87. The van der Waals surface area contributed by atoms with Crippen LogP contribution in [0.25, 0.3) is 0 Å². The quantitative estimate of drug-likeness (QED) is 0.716. The molecule has 5 heteroatoms. The van der Waals surface area contributed by atoms with Gasteiger partial charge in [-0.25, -0.2) is 0 Å². The zero-order valence-electron chi connectivity index (χ0n) is 9.69. The molecule has 0 rings (SSSR count). The fourth-order valence-electron chi connectivity index (χ4n) is 1.36. The minimum absolute atomic E-state index is 0.262. The maximum Gasteiger partial charge on any atom is 0.401 e.